The molecule has 168 valence electrons. The average Bonchev–Trinajstić information content (AvgIpc) is 3.10. The van der Waals surface area contributed by atoms with E-state index < -0.39 is 27.3 Å². The lowest BCUT2D eigenvalue weighted by atomic mass is 10.1. The summed E-state index contributed by atoms with van der Waals surface area (Å²) in [6.45, 7) is 0. The molecule has 0 atom stereocenters. The van der Waals surface area contributed by atoms with Crippen LogP contribution < -0.4 is 4.72 Å². The van der Waals surface area contributed by atoms with Crippen LogP contribution in [0.15, 0.2) is 54.7 Å². The molecule has 0 aliphatic heterocycles. The molecule has 33 heavy (non-hydrogen) atoms. The highest BCUT2D eigenvalue weighted by atomic mass is 35.5. The van der Waals surface area contributed by atoms with Gasteiger partial charge in [0.1, 0.15) is 5.82 Å². The third-order valence-electron chi connectivity index (χ3n) is 4.56. The molecule has 0 aliphatic rings. The second-order valence-corrected chi connectivity index (χ2v) is 9.63. The lowest BCUT2D eigenvalue weighted by molar-refractivity contribution is 0.0978. The quantitative estimate of drug-likeness (QED) is 0.424. The Morgan fingerprint density at radius 2 is 1.91 bits per heavy atom. The summed E-state index contributed by atoms with van der Waals surface area (Å²) in [7, 11) is -3.87. The molecule has 2 heterocycles. The molecule has 7 nitrogen and oxygen atoms in total. The van der Waals surface area contributed by atoms with E-state index in [1.54, 1.807) is 47.3 Å². The van der Waals surface area contributed by atoms with E-state index in [1.165, 1.54) is 4.68 Å². The summed E-state index contributed by atoms with van der Waals surface area (Å²) in [4.78, 5) is 16.3. The number of amides is 1. The van der Waals surface area contributed by atoms with E-state index in [0.29, 0.717) is 27.3 Å². The van der Waals surface area contributed by atoms with Gasteiger partial charge < -0.3 is 0 Å². The molecule has 0 spiro atoms. The zero-order valence-electron chi connectivity index (χ0n) is 17.0. The largest absolute Gasteiger partial charge is 0.268 e. The topological polar surface area (TPSA) is 94.0 Å². The average molecular weight is 505 g/mol. The van der Waals surface area contributed by atoms with Gasteiger partial charge in [-0.05, 0) is 48.6 Å². The molecule has 2 aromatic heterocycles. The second kappa shape index (κ2) is 8.93. The maximum Gasteiger partial charge on any atom is 0.267 e. The van der Waals surface area contributed by atoms with E-state index in [9.17, 15) is 17.6 Å². The number of pyridine rings is 1. The van der Waals surface area contributed by atoms with Crippen molar-refractivity contribution in [3.63, 3.8) is 0 Å². The van der Waals surface area contributed by atoms with Gasteiger partial charge >= 0.3 is 0 Å². The fourth-order valence-corrected chi connectivity index (χ4v) is 4.02. The first kappa shape index (κ1) is 22.9. The molecular weight excluding hydrogens is 490 g/mol. The smallest absolute Gasteiger partial charge is 0.267 e. The van der Waals surface area contributed by atoms with Crippen molar-refractivity contribution in [1.29, 1.82) is 0 Å². The Labute approximate surface area is 198 Å². The van der Waals surface area contributed by atoms with Crippen molar-refractivity contribution >= 4 is 62.2 Å². The molecule has 0 radical (unpaired) electrons. The highest BCUT2D eigenvalue weighted by Crippen LogP contribution is 2.31. The van der Waals surface area contributed by atoms with E-state index in [1.807, 2.05) is 12.1 Å². The van der Waals surface area contributed by atoms with Gasteiger partial charge in [-0.25, -0.2) is 22.2 Å². The van der Waals surface area contributed by atoms with Crippen LogP contribution >= 0.6 is 23.2 Å². The standard InChI is InChI=1S/C22H15Cl2FN4O3S/c1-33(31,32)28-22(30)15-11-17(24)21(12-18(15)25)29-20-8-5-13(23)10-16(20)19(27-29)7-6-14-4-2-3-9-26-14/h2-12H,1H3,(H,28,30). The normalized spacial score (nSPS) is 11.9. The molecule has 0 saturated heterocycles. The van der Waals surface area contributed by atoms with Crippen molar-refractivity contribution in [2.75, 3.05) is 6.26 Å². The van der Waals surface area contributed by atoms with E-state index in [-0.39, 0.29) is 10.7 Å². The van der Waals surface area contributed by atoms with E-state index in [0.717, 1.165) is 18.4 Å². The van der Waals surface area contributed by atoms with Gasteiger partial charge in [-0.1, -0.05) is 29.3 Å². The molecule has 0 unspecified atom stereocenters. The van der Waals surface area contributed by atoms with Crippen molar-refractivity contribution in [2.45, 2.75) is 0 Å². The number of benzene rings is 2. The Morgan fingerprint density at radius 3 is 2.61 bits per heavy atom. The lowest BCUT2D eigenvalue weighted by Gasteiger charge is -2.10. The zero-order valence-corrected chi connectivity index (χ0v) is 19.3. The van der Waals surface area contributed by atoms with Crippen LogP contribution in [-0.4, -0.2) is 35.3 Å². The molecule has 4 aromatic rings. The van der Waals surface area contributed by atoms with Gasteiger partial charge in [-0.3, -0.25) is 9.78 Å². The number of rotatable bonds is 5. The molecule has 0 fully saturated rings. The van der Waals surface area contributed by atoms with Crippen LogP contribution in [0.1, 0.15) is 21.7 Å². The molecule has 0 bridgehead atoms. The fourth-order valence-electron chi connectivity index (χ4n) is 3.16. The first-order chi connectivity index (χ1) is 15.6. The summed E-state index contributed by atoms with van der Waals surface area (Å²) in [5, 5.41) is 5.71. The Kier molecular flexibility index (Phi) is 6.20. The third-order valence-corrected chi connectivity index (χ3v) is 5.65. The zero-order chi connectivity index (χ0) is 23.8. The van der Waals surface area contributed by atoms with Crippen molar-refractivity contribution < 1.29 is 17.6 Å². The van der Waals surface area contributed by atoms with Gasteiger partial charge in [0.15, 0.2) is 0 Å². The minimum absolute atomic E-state index is 0.00495. The molecule has 4 rings (SSSR count). The number of hydrogen-bond acceptors (Lipinski definition) is 5. The Morgan fingerprint density at radius 1 is 1.12 bits per heavy atom. The summed E-state index contributed by atoms with van der Waals surface area (Å²) < 4.78 is 40.6. The molecular formula is C22H15Cl2FN4O3S. The summed E-state index contributed by atoms with van der Waals surface area (Å²) in [5.41, 5.74) is 1.50. The van der Waals surface area contributed by atoms with E-state index in [2.05, 4.69) is 10.1 Å². The SMILES string of the molecule is CS(=O)(=O)NC(=O)c1cc(Cl)c(-n2nc(C=Cc3ccccn3)c3cc(Cl)ccc32)cc1F. The van der Waals surface area contributed by atoms with Crippen LogP contribution in [0.25, 0.3) is 28.7 Å². The number of fused-ring (bicyclic) bond motifs is 1. The number of halogens is 3. The Hall–Kier alpha value is -3.27. The summed E-state index contributed by atoms with van der Waals surface area (Å²) >= 11 is 12.5. The molecule has 0 aliphatic carbocycles. The number of hydrogen-bond donors (Lipinski definition) is 1. The van der Waals surface area contributed by atoms with Crippen LogP contribution in [0.3, 0.4) is 0 Å². The van der Waals surface area contributed by atoms with Crippen LogP contribution in [0, 0.1) is 5.82 Å². The molecule has 0 saturated carbocycles. The highest BCUT2D eigenvalue weighted by molar-refractivity contribution is 7.89. The van der Waals surface area contributed by atoms with Gasteiger partial charge in [0, 0.05) is 22.7 Å². The van der Waals surface area contributed by atoms with Gasteiger partial charge in [-0.2, -0.15) is 5.10 Å². The van der Waals surface area contributed by atoms with Crippen LogP contribution in [0.5, 0.6) is 0 Å². The number of nitrogens with one attached hydrogen (secondary N) is 1. The molecule has 11 heteroatoms. The number of nitrogens with zero attached hydrogens (tertiary/aromatic N) is 3. The third kappa shape index (κ3) is 5.05. The maximum absolute atomic E-state index is 14.8. The van der Waals surface area contributed by atoms with E-state index >= 15 is 0 Å². The van der Waals surface area contributed by atoms with Crippen molar-refractivity contribution in [3.8, 4) is 5.69 Å². The summed E-state index contributed by atoms with van der Waals surface area (Å²) in [6.07, 6.45) is 5.97. The minimum atomic E-state index is -3.87. The number of carbonyl (C=O) groups excluding carboxylic acids is 1. The predicted octanol–water partition coefficient (Wildman–Crippen LogP) is 4.73. The summed E-state index contributed by atoms with van der Waals surface area (Å²) in [6, 6.07) is 12.6. The van der Waals surface area contributed by atoms with Crippen molar-refractivity contribution in [2.24, 2.45) is 0 Å². The highest BCUT2D eigenvalue weighted by Gasteiger charge is 2.20. The van der Waals surface area contributed by atoms with Crippen molar-refractivity contribution in [3.05, 3.63) is 87.5 Å². The first-order valence-electron chi connectivity index (χ1n) is 9.41. The van der Waals surface area contributed by atoms with Crippen molar-refractivity contribution in [1.82, 2.24) is 19.5 Å². The van der Waals surface area contributed by atoms with Crippen LogP contribution in [-0.2, 0) is 10.0 Å². The summed E-state index contributed by atoms with van der Waals surface area (Å²) in [5.74, 6) is -2.08. The monoisotopic (exact) mass is 504 g/mol. The Bertz CT molecular complexity index is 1520. The molecule has 1 amide bonds. The van der Waals surface area contributed by atoms with Gasteiger partial charge in [0.05, 0.1) is 39.4 Å². The van der Waals surface area contributed by atoms with Gasteiger partial charge in [0.25, 0.3) is 5.91 Å². The maximum atomic E-state index is 14.8. The minimum Gasteiger partial charge on any atom is -0.268 e. The van der Waals surface area contributed by atoms with Crippen LogP contribution in [0.2, 0.25) is 10.0 Å². The van der Waals surface area contributed by atoms with E-state index in [4.69, 9.17) is 23.2 Å². The van der Waals surface area contributed by atoms with Gasteiger partial charge in [-0.15, -0.1) is 0 Å². The lowest BCUT2D eigenvalue weighted by Crippen LogP contribution is -2.30. The second-order valence-electron chi connectivity index (χ2n) is 7.03. The molecule has 1 N–H and O–H groups in total. The van der Waals surface area contributed by atoms with Crippen LogP contribution in [0.4, 0.5) is 4.39 Å². The molecule has 2 aromatic carbocycles. The first-order valence-corrected chi connectivity index (χ1v) is 12.1. The fraction of sp³-hybridized carbons (Fsp3) is 0.0455. The van der Waals surface area contributed by atoms with Gasteiger partial charge in [0.2, 0.25) is 10.0 Å². The number of carbonyl (C=O) groups is 1. The predicted molar refractivity (Wildman–Crippen MR) is 127 cm³/mol. The number of sulfonamides is 1. The number of aromatic nitrogens is 3. The Balaban J connectivity index is 1.82.